The van der Waals surface area contributed by atoms with Crippen LogP contribution >= 0.6 is 0 Å². The third-order valence-corrected chi connectivity index (χ3v) is 8.72. The normalized spacial score (nSPS) is 21.5. The summed E-state index contributed by atoms with van der Waals surface area (Å²) in [4.78, 5) is 11.7. The molecular weight excluding hydrogens is 545 g/mol. The Labute approximate surface area is 244 Å². The SMILES string of the molecule is COC(=O)C[C@@H]1COc2cc(O[C@@H]3CCc4c(Oc5cc(B6OC(C)(C)C(C)(C)O6)ccc5F)ccc(F)c43)ccc21. The third kappa shape index (κ3) is 5.11. The molecule has 3 aliphatic rings. The van der Waals surface area contributed by atoms with Crippen LogP contribution in [0.25, 0.3) is 0 Å². The number of hydrogen-bond donors (Lipinski definition) is 0. The van der Waals surface area contributed by atoms with Gasteiger partial charge in [0.05, 0.1) is 31.3 Å². The monoisotopic (exact) mass is 578 g/mol. The van der Waals surface area contributed by atoms with Crippen LogP contribution in [0.5, 0.6) is 23.0 Å². The number of halogens is 2. The molecule has 42 heavy (non-hydrogen) atoms. The molecule has 0 bridgehead atoms. The molecule has 0 unspecified atom stereocenters. The fraction of sp³-hybridized carbons (Fsp3) is 0.406. The third-order valence-electron chi connectivity index (χ3n) is 8.72. The minimum absolute atomic E-state index is 0.00216. The number of ether oxygens (including phenoxy) is 4. The fourth-order valence-corrected chi connectivity index (χ4v) is 5.65. The van der Waals surface area contributed by atoms with Gasteiger partial charge in [-0.1, -0.05) is 12.1 Å². The Morgan fingerprint density at radius 3 is 2.45 bits per heavy atom. The Morgan fingerprint density at radius 1 is 0.976 bits per heavy atom. The lowest BCUT2D eigenvalue weighted by Crippen LogP contribution is -2.41. The molecule has 1 fully saturated rings. The molecule has 2 atom stereocenters. The zero-order valence-electron chi connectivity index (χ0n) is 24.3. The summed E-state index contributed by atoms with van der Waals surface area (Å²) in [5.74, 6) is 0.168. The standard InChI is InChI=1S/C32H33BF2O7/c1-31(2)32(3,4)42-33(41-31)19-6-10-23(34)28(15-19)40-25-13-11-24(35)30-22(25)9-12-26(30)39-20-7-8-21-18(14-29(36)37-5)17-38-27(21)16-20/h6-8,10-11,13,15-16,18,26H,9,12,14,17H2,1-5H3/t18-,26-/m1/s1. The van der Waals surface area contributed by atoms with Crippen LogP contribution < -0.4 is 19.7 Å². The Hall–Kier alpha value is -3.63. The van der Waals surface area contributed by atoms with Crippen molar-refractivity contribution >= 4 is 18.6 Å². The first-order valence-corrected chi connectivity index (χ1v) is 14.1. The number of methoxy groups -OCH3 is 1. The van der Waals surface area contributed by atoms with E-state index in [-0.39, 0.29) is 24.1 Å². The summed E-state index contributed by atoms with van der Waals surface area (Å²) in [5.41, 5.74) is 1.46. The molecule has 0 aromatic heterocycles. The Balaban J connectivity index is 1.21. The van der Waals surface area contributed by atoms with E-state index in [1.807, 2.05) is 33.8 Å². The van der Waals surface area contributed by atoms with E-state index < -0.39 is 36.1 Å². The highest BCUT2D eigenvalue weighted by molar-refractivity contribution is 6.62. The van der Waals surface area contributed by atoms with Crippen LogP contribution in [0.1, 0.15) is 69.2 Å². The molecule has 0 amide bonds. The van der Waals surface area contributed by atoms with E-state index >= 15 is 4.39 Å². The Bertz CT molecular complexity index is 1520. The van der Waals surface area contributed by atoms with Gasteiger partial charge in [-0.2, -0.15) is 0 Å². The predicted molar refractivity (Wildman–Crippen MR) is 152 cm³/mol. The van der Waals surface area contributed by atoms with Gasteiger partial charge in [-0.15, -0.1) is 0 Å². The summed E-state index contributed by atoms with van der Waals surface area (Å²) in [6.45, 7) is 8.18. The minimum Gasteiger partial charge on any atom is -0.492 e. The number of carbonyl (C=O) groups is 1. The van der Waals surface area contributed by atoms with Crippen LogP contribution in [0.3, 0.4) is 0 Å². The van der Waals surface area contributed by atoms with Gasteiger partial charge in [0.25, 0.3) is 0 Å². The van der Waals surface area contributed by atoms with Gasteiger partial charge in [0.1, 0.15) is 29.2 Å². The van der Waals surface area contributed by atoms with Crippen molar-refractivity contribution in [2.45, 2.75) is 70.2 Å². The molecule has 6 rings (SSSR count). The summed E-state index contributed by atoms with van der Waals surface area (Å²) < 4.78 is 65.2. The molecule has 220 valence electrons. The number of rotatable bonds is 7. The van der Waals surface area contributed by atoms with Crippen LogP contribution in [0.2, 0.25) is 0 Å². The van der Waals surface area contributed by atoms with Crippen molar-refractivity contribution in [2.24, 2.45) is 0 Å². The van der Waals surface area contributed by atoms with Crippen molar-refractivity contribution in [2.75, 3.05) is 13.7 Å². The van der Waals surface area contributed by atoms with Gasteiger partial charge < -0.3 is 28.3 Å². The van der Waals surface area contributed by atoms with E-state index in [1.165, 1.54) is 25.3 Å². The van der Waals surface area contributed by atoms with Crippen molar-refractivity contribution in [3.05, 3.63) is 76.9 Å². The van der Waals surface area contributed by atoms with Crippen molar-refractivity contribution in [3.8, 4) is 23.0 Å². The first-order valence-electron chi connectivity index (χ1n) is 14.1. The minimum atomic E-state index is -0.679. The summed E-state index contributed by atoms with van der Waals surface area (Å²) in [6.07, 6.45) is 0.684. The zero-order chi connectivity index (χ0) is 29.8. The first kappa shape index (κ1) is 28.5. The highest BCUT2D eigenvalue weighted by Crippen LogP contribution is 2.45. The lowest BCUT2D eigenvalue weighted by Gasteiger charge is -2.32. The van der Waals surface area contributed by atoms with Crippen molar-refractivity contribution in [1.82, 2.24) is 0 Å². The molecule has 0 radical (unpaired) electrons. The smallest absolute Gasteiger partial charge is 0.492 e. The van der Waals surface area contributed by atoms with Gasteiger partial charge in [-0.25, -0.2) is 8.78 Å². The molecule has 0 saturated carbocycles. The van der Waals surface area contributed by atoms with Crippen LogP contribution in [0.4, 0.5) is 8.78 Å². The van der Waals surface area contributed by atoms with Gasteiger partial charge in [0, 0.05) is 28.7 Å². The van der Waals surface area contributed by atoms with Crippen LogP contribution in [-0.4, -0.2) is 38.0 Å². The summed E-state index contributed by atoms with van der Waals surface area (Å²) in [6, 6.07) is 12.8. The topological polar surface area (TPSA) is 72.5 Å². The summed E-state index contributed by atoms with van der Waals surface area (Å²) in [7, 11) is 0.682. The molecule has 1 aliphatic carbocycles. The van der Waals surface area contributed by atoms with E-state index in [4.69, 9.17) is 28.3 Å². The zero-order valence-corrected chi connectivity index (χ0v) is 24.3. The highest BCUT2D eigenvalue weighted by Gasteiger charge is 2.51. The molecule has 0 spiro atoms. The fourth-order valence-electron chi connectivity index (χ4n) is 5.65. The highest BCUT2D eigenvalue weighted by atomic mass is 19.1. The van der Waals surface area contributed by atoms with E-state index in [2.05, 4.69) is 0 Å². The van der Waals surface area contributed by atoms with Crippen LogP contribution in [-0.2, 0) is 25.3 Å². The Morgan fingerprint density at radius 2 is 1.71 bits per heavy atom. The molecular formula is C32H33BF2O7. The average Bonchev–Trinajstić information content (AvgIpc) is 3.61. The molecule has 1 saturated heterocycles. The first-order chi connectivity index (χ1) is 20.0. The lowest BCUT2D eigenvalue weighted by molar-refractivity contribution is -0.141. The predicted octanol–water partition coefficient (Wildman–Crippen LogP) is 6.16. The van der Waals surface area contributed by atoms with Crippen molar-refractivity contribution in [3.63, 3.8) is 0 Å². The maximum absolute atomic E-state index is 15.2. The lowest BCUT2D eigenvalue weighted by atomic mass is 9.79. The second-order valence-electron chi connectivity index (χ2n) is 12.0. The molecule has 2 heterocycles. The van der Waals surface area contributed by atoms with Gasteiger partial charge in [-0.05, 0) is 76.3 Å². The second-order valence-corrected chi connectivity index (χ2v) is 12.0. The quantitative estimate of drug-likeness (QED) is 0.246. The number of benzene rings is 3. The summed E-state index contributed by atoms with van der Waals surface area (Å²) >= 11 is 0. The van der Waals surface area contributed by atoms with Crippen LogP contribution in [0, 0.1) is 11.6 Å². The van der Waals surface area contributed by atoms with E-state index in [0.29, 0.717) is 53.3 Å². The van der Waals surface area contributed by atoms with Crippen molar-refractivity contribution < 1.29 is 41.8 Å². The van der Waals surface area contributed by atoms with Crippen LogP contribution in [0.15, 0.2) is 48.5 Å². The van der Waals surface area contributed by atoms with Gasteiger partial charge in [-0.3, -0.25) is 4.79 Å². The number of esters is 1. The molecule has 3 aromatic carbocycles. The molecule has 2 aliphatic heterocycles. The number of hydrogen-bond acceptors (Lipinski definition) is 7. The van der Waals surface area contributed by atoms with Gasteiger partial charge in [0.15, 0.2) is 11.6 Å². The average molecular weight is 578 g/mol. The van der Waals surface area contributed by atoms with E-state index in [0.717, 1.165) is 5.56 Å². The Kier molecular flexibility index (Phi) is 7.18. The maximum Gasteiger partial charge on any atom is 0.494 e. The van der Waals surface area contributed by atoms with E-state index in [1.54, 1.807) is 24.3 Å². The molecule has 7 nitrogen and oxygen atoms in total. The second kappa shape index (κ2) is 10.6. The van der Waals surface area contributed by atoms with Crippen molar-refractivity contribution in [1.29, 1.82) is 0 Å². The van der Waals surface area contributed by atoms with Gasteiger partial charge >= 0.3 is 13.1 Å². The molecule has 10 heteroatoms. The largest absolute Gasteiger partial charge is 0.494 e. The van der Waals surface area contributed by atoms with E-state index in [9.17, 15) is 9.18 Å². The maximum atomic E-state index is 15.2. The number of carbonyl (C=O) groups excluding carboxylic acids is 1. The molecule has 0 N–H and O–H groups in total. The number of fused-ring (bicyclic) bond motifs is 2. The van der Waals surface area contributed by atoms with Gasteiger partial charge in [0.2, 0.25) is 0 Å². The molecule has 3 aromatic rings. The summed E-state index contributed by atoms with van der Waals surface area (Å²) in [5, 5.41) is 0.